The van der Waals surface area contributed by atoms with Crippen LogP contribution in [0.5, 0.6) is 0 Å². The van der Waals surface area contributed by atoms with Gasteiger partial charge in [-0.15, -0.1) is 11.3 Å². The number of hydrogen-bond donors (Lipinski definition) is 2. The molecule has 140 valence electrons. The van der Waals surface area contributed by atoms with Crippen molar-refractivity contribution in [2.45, 2.75) is 50.7 Å². The van der Waals surface area contributed by atoms with Crippen LogP contribution in [-0.4, -0.2) is 25.3 Å². The SMILES string of the molecule is O=C(NCCCOC1CCCCC1)NC(c1ccccc1)c1cccs1. The van der Waals surface area contributed by atoms with Crippen molar-refractivity contribution in [3.8, 4) is 0 Å². The monoisotopic (exact) mass is 372 g/mol. The number of carbonyl (C=O) groups is 1. The molecule has 0 radical (unpaired) electrons. The minimum Gasteiger partial charge on any atom is -0.378 e. The first-order valence-corrected chi connectivity index (χ1v) is 10.5. The van der Waals surface area contributed by atoms with Gasteiger partial charge in [0.2, 0.25) is 0 Å². The van der Waals surface area contributed by atoms with Gasteiger partial charge in [0.15, 0.2) is 0 Å². The largest absolute Gasteiger partial charge is 0.378 e. The van der Waals surface area contributed by atoms with Crippen molar-refractivity contribution < 1.29 is 9.53 Å². The zero-order chi connectivity index (χ0) is 18.0. The third-order valence-corrected chi connectivity index (χ3v) is 5.69. The molecule has 1 heterocycles. The second kappa shape index (κ2) is 10.3. The summed E-state index contributed by atoms with van der Waals surface area (Å²) in [5, 5.41) is 8.09. The van der Waals surface area contributed by atoms with Gasteiger partial charge in [-0.2, -0.15) is 0 Å². The molecule has 0 bridgehead atoms. The Morgan fingerprint density at radius 1 is 1.12 bits per heavy atom. The van der Waals surface area contributed by atoms with Crippen LogP contribution in [0.15, 0.2) is 47.8 Å². The van der Waals surface area contributed by atoms with Crippen molar-refractivity contribution in [3.63, 3.8) is 0 Å². The summed E-state index contributed by atoms with van der Waals surface area (Å²) in [6.45, 7) is 1.35. The molecule has 0 spiro atoms. The molecule has 26 heavy (non-hydrogen) atoms. The number of nitrogens with one attached hydrogen (secondary N) is 2. The Kier molecular flexibility index (Phi) is 7.52. The van der Waals surface area contributed by atoms with E-state index >= 15 is 0 Å². The molecule has 1 aromatic heterocycles. The van der Waals surface area contributed by atoms with Gasteiger partial charge in [0.1, 0.15) is 0 Å². The molecule has 1 saturated carbocycles. The van der Waals surface area contributed by atoms with Crippen LogP contribution in [0.2, 0.25) is 0 Å². The molecule has 3 rings (SSSR count). The van der Waals surface area contributed by atoms with Crippen LogP contribution in [0.4, 0.5) is 4.79 Å². The summed E-state index contributed by atoms with van der Waals surface area (Å²) in [6, 6.07) is 13.9. The summed E-state index contributed by atoms with van der Waals surface area (Å²) in [6.07, 6.45) is 7.57. The van der Waals surface area contributed by atoms with E-state index in [1.54, 1.807) is 11.3 Å². The van der Waals surface area contributed by atoms with Crippen molar-refractivity contribution in [1.29, 1.82) is 0 Å². The number of hydrogen-bond acceptors (Lipinski definition) is 3. The minimum absolute atomic E-state index is 0.116. The van der Waals surface area contributed by atoms with E-state index in [0.717, 1.165) is 23.5 Å². The molecule has 5 heteroatoms. The number of benzene rings is 1. The second-order valence-electron chi connectivity index (χ2n) is 6.74. The lowest BCUT2D eigenvalue weighted by molar-refractivity contribution is 0.0275. The van der Waals surface area contributed by atoms with Crippen LogP contribution < -0.4 is 10.6 Å². The van der Waals surface area contributed by atoms with Gasteiger partial charge in [-0.3, -0.25) is 0 Å². The average Bonchev–Trinajstić information content (AvgIpc) is 3.22. The van der Waals surface area contributed by atoms with Crippen molar-refractivity contribution >= 4 is 17.4 Å². The van der Waals surface area contributed by atoms with E-state index < -0.39 is 0 Å². The van der Waals surface area contributed by atoms with Gasteiger partial charge in [-0.1, -0.05) is 55.7 Å². The minimum atomic E-state index is -0.134. The molecule has 1 fully saturated rings. The highest BCUT2D eigenvalue weighted by atomic mass is 32.1. The molecule has 1 atom stereocenters. The average molecular weight is 373 g/mol. The highest BCUT2D eigenvalue weighted by Crippen LogP contribution is 2.25. The predicted molar refractivity (Wildman–Crippen MR) is 107 cm³/mol. The van der Waals surface area contributed by atoms with Crippen LogP contribution >= 0.6 is 11.3 Å². The molecule has 1 aliphatic rings. The Labute approximate surface area is 160 Å². The third kappa shape index (κ3) is 5.85. The fourth-order valence-electron chi connectivity index (χ4n) is 3.36. The molecule has 1 unspecified atom stereocenters. The molecule has 2 amide bonds. The van der Waals surface area contributed by atoms with E-state index in [-0.39, 0.29) is 12.1 Å². The Bertz CT molecular complexity index is 639. The maximum Gasteiger partial charge on any atom is 0.315 e. The first kappa shape index (κ1) is 18.9. The van der Waals surface area contributed by atoms with E-state index in [1.165, 1.54) is 32.1 Å². The van der Waals surface area contributed by atoms with Gasteiger partial charge in [-0.25, -0.2) is 4.79 Å². The molecular formula is C21H28N2O2S. The Morgan fingerprint density at radius 2 is 1.92 bits per heavy atom. The molecular weight excluding hydrogens is 344 g/mol. The highest BCUT2D eigenvalue weighted by Gasteiger charge is 2.17. The van der Waals surface area contributed by atoms with Crippen molar-refractivity contribution in [3.05, 3.63) is 58.3 Å². The van der Waals surface area contributed by atoms with Crippen LogP contribution in [0, 0.1) is 0 Å². The fourth-order valence-corrected chi connectivity index (χ4v) is 4.16. The van der Waals surface area contributed by atoms with Crippen LogP contribution in [0.3, 0.4) is 0 Å². The van der Waals surface area contributed by atoms with Gasteiger partial charge in [0.25, 0.3) is 0 Å². The summed E-state index contributed by atoms with van der Waals surface area (Å²) in [5.41, 5.74) is 1.09. The Hall–Kier alpha value is -1.85. The number of ether oxygens (including phenoxy) is 1. The first-order valence-electron chi connectivity index (χ1n) is 9.57. The second-order valence-corrected chi connectivity index (χ2v) is 7.72. The molecule has 2 N–H and O–H groups in total. The van der Waals surface area contributed by atoms with E-state index in [9.17, 15) is 4.79 Å². The summed E-state index contributed by atoms with van der Waals surface area (Å²) >= 11 is 1.65. The summed E-state index contributed by atoms with van der Waals surface area (Å²) in [7, 11) is 0. The van der Waals surface area contributed by atoms with Gasteiger partial charge in [0.05, 0.1) is 12.1 Å². The molecule has 0 aliphatic heterocycles. The van der Waals surface area contributed by atoms with E-state index in [0.29, 0.717) is 12.6 Å². The van der Waals surface area contributed by atoms with Gasteiger partial charge in [0, 0.05) is 18.0 Å². The van der Waals surface area contributed by atoms with Crippen molar-refractivity contribution in [2.75, 3.05) is 13.2 Å². The van der Waals surface area contributed by atoms with Gasteiger partial charge in [-0.05, 0) is 36.3 Å². The topological polar surface area (TPSA) is 50.4 Å². The molecule has 1 aromatic carbocycles. The number of amides is 2. The van der Waals surface area contributed by atoms with Crippen molar-refractivity contribution in [2.24, 2.45) is 0 Å². The lowest BCUT2D eigenvalue weighted by Gasteiger charge is -2.22. The third-order valence-electron chi connectivity index (χ3n) is 4.75. The Morgan fingerprint density at radius 3 is 2.65 bits per heavy atom. The summed E-state index contributed by atoms with van der Waals surface area (Å²) < 4.78 is 5.90. The molecule has 2 aromatic rings. The number of rotatable bonds is 8. The van der Waals surface area contributed by atoms with E-state index in [2.05, 4.69) is 16.7 Å². The van der Waals surface area contributed by atoms with Crippen molar-refractivity contribution in [1.82, 2.24) is 10.6 Å². The predicted octanol–water partition coefficient (Wildman–Crippen LogP) is 4.88. The Balaban J connectivity index is 1.42. The van der Waals surface area contributed by atoms with Crippen LogP contribution in [0.25, 0.3) is 0 Å². The van der Waals surface area contributed by atoms with E-state index in [1.807, 2.05) is 41.8 Å². The standard InChI is InChI=1S/C21H28N2O2S/c24-21(22-14-8-15-25-18-11-5-2-6-12-18)23-20(19-13-7-16-26-19)17-9-3-1-4-10-17/h1,3-4,7,9-10,13,16,18,20H,2,5-6,8,11-12,14-15H2,(H2,22,23,24). The van der Waals surface area contributed by atoms with Gasteiger partial charge < -0.3 is 15.4 Å². The lowest BCUT2D eigenvalue weighted by atomic mass is 9.98. The normalized spacial score (nSPS) is 16.2. The first-order chi connectivity index (χ1) is 12.8. The smallest absolute Gasteiger partial charge is 0.315 e. The summed E-state index contributed by atoms with van der Waals surface area (Å²) in [4.78, 5) is 13.5. The molecule has 0 saturated heterocycles. The van der Waals surface area contributed by atoms with E-state index in [4.69, 9.17) is 4.74 Å². The molecule has 4 nitrogen and oxygen atoms in total. The van der Waals surface area contributed by atoms with Crippen LogP contribution in [-0.2, 0) is 4.74 Å². The maximum atomic E-state index is 12.3. The number of carbonyl (C=O) groups excluding carboxylic acids is 1. The van der Waals surface area contributed by atoms with Crippen LogP contribution in [0.1, 0.15) is 55.0 Å². The maximum absolute atomic E-state index is 12.3. The zero-order valence-corrected chi connectivity index (χ0v) is 16.0. The summed E-state index contributed by atoms with van der Waals surface area (Å²) in [5.74, 6) is 0. The number of urea groups is 1. The fraction of sp³-hybridized carbons (Fsp3) is 0.476. The lowest BCUT2D eigenvalue weighted by Crippen LogP contribution is -2.38. The molecule has 1 aliphatic carbocycles. The number of thiophene rings is 1. The zero-order valence-electron chi connectivity index (χ0n) is 15.2. The quantitative estimate of drug-likeness (QED) is 0.649. The van der Waals surface area contributed by atoms with Gasteiger partial charge >= 0.3 is 6.03 Å². The highest BCUT2D eigenvalue weighted by molar-refractivity contribution is 7.10.